The molecule has 2 fully saturated rings. The Morgan fingerprint density at radius 2 is 1.78 bits per heavy atom. The van der Waals surface area contributed by atoms with Crippen LogP contribution in [0, 0.1) is 0 Å². The summed E-state index contributed by atoms with van der Waals surface area (Å²) in [7, 11) is 0. The fraction of sp³-hybridized carbons (Fsp3) is 0.846. The van der Waals surface area contributed by atoms with Crippen LogP contribution in [0.15, 0.2) is 0 Å². The van der Waals surface area contributed by atoms with Gasteiger partial charge in [-0.15, -0.1) is 0 Å². The summed E-state index contributed by atoms with van der Waals surface area (Å²) in [5.74, 6) is 0.144. The van der Waals surface area contributed by atoms with Gasteiger partial charge in [0.25, 0.3) is 0 Å². The highest BCUT2D eigenvalue weighted by molar-refractivity contribution is 5.87. The Morgan fingerprint density at radius 1 is 1.17 bits per heavy atom. The molecule has 2 aliphatic heterocycles. The number of carbonyl (C=O) groups is 2. The molecule has 0 bridgehead atoms. The van der Waals surface area contributed by atoms with Gasteiger partial charge in [0.05, 0.1) is 0 Å². The summed E-state index contributed by atoms with van der Waals surface area (Å²) in [6, 6.07) is 0.426. The van der Waals surface area contributed by atoms with Crippen molar-refractivity contribution >= 4 is 11.8 Å². The van der Waals surface area contributed by atoms with E-state index in [-0.39, 0.29) is 17.9 Å². The summed E-state index contributed by atoms with van der Waals surface area (Å²) in [5, 5.41) is 3.41. The maximum atomic E-state index is 12.5. The van der Waals surface area contributed by atoms with E-state index in [2.05, 4.69) is 19.2 Å². The van der Waals surface area contributed by atoms with Crippen LogP contribution < -0.4 is 5.32 Å². The second-order valence-corrected chi connectivity index (χ2v) is 5.58. The minimum absolute atomic E-state index is 0.0158. The molecule has 18 heavy (non-hydrogen) atoms. The molecule has 0 aliphatic carbocycles. The van der Waals surface area contributed by atoms with Crippen LogP contribution in [-0.4, -0.2) is 59.4 Å². The van der Waals surface area contributed by atoms with E-state index in [4.69, 9.17) is 0 Å². The first kappa shape index (κ1) is 13.3. The van der Waals surface area contributed by atoms with Crippen LogP contribution in [0.2, 0.25) is 0 Å². The van der Waals surface area contributed by atoms with Crippen molar-refractivity contribution in [1.29, 1.82) is 0 Å². The summed E-state index contributed by atoms with van der Waals surface area (Å²) >= 11 is 0. The van der Waals surface area contributed by atoms with Gasteiger partial charge in [0, 0.05) is 38.6 Å². The summed E-state index contributed by atoms with van der Waals surface area (Å²) in [6.45, 7) is 7.94. The van der Waals surface area contributed by atoms with Gasteiger partial charge >= 0.3 is 0 Å². The summed E-state index contributed by atoms with van der Waals surface area (Å²) in [6.07, 6.45) is 1.75. The fourth-order valence-electron chi connectivity index (χ4n) is 3.12. The predicted octanol–water partition coefficient (Wildman–Crippen LogP) is 0.206. The molecule has 2 rings (SSSR count). The molecule has 0 radical (unpaired) electrons. The lowest BCUT2D eigenvalue weighted by molar-refractivity contribution is -0.144. The molecular formula is C13H23N3O2. The first-order valence-corrected chi connectivity index (χ1v) is 6.81. The maximum Gasteiger partial charge on any atom is 0.245 e. The lowest BCUT2D eigenvalue weighted by Gasteiger charge is -2.38. The van der Waals surface area contributed by atoms with Gasteiger partial charge in [-0.25, -0.2) is 0 Å². The molecular weight excluding hydrogens is 230 g/mol. The minimum Gasteiger partial charge on any atom is -0.338 e. The SMILES string of the molecule is CC(=O)N1CCC[C@H]1C(=O)N1C[C@@H](C)N[C@@H](C)C1. The van der Waals surface area contributed by atoms with Crippen molar-refractivity contribution in [2.24, 2.45) is 0 Å². The van der Waals surface area contributed by atoms with Gasteiger partial charge in [-0.2, -0.15) is 0 Å². The zero-order valence-electron chi connectivity index (χ0n) is 11.5. The largest absolute Gasteiger partial charge is 0.338 e. The van der Waals surface area contributed by atoms with E-state index < -0.39 is 0 Å². The number of amides is 2. The number of nitrogens with zero attached hydrogens (tertiary/aromatic N) is 2. The number of likely N-dealkylation sites (tertiary alicyclic amines) is 1. The third-order valence-electron chi connectivity index (χ3n) is 3.81. The summed E-state index contributed by atoms with van der Waals surface area (Å²) < 4.78 is 0. The van der Waals surface area contributed by atoms with Gasteiger partial charge in [0.15, 0.2) is 0 Å². The van der Waals surface area contributed by atoms with Gasteiger partial charge in [-0.1, -0.05) is 0 Å². The molecule has 102 valence electrons. The second kappa shape index (κ2) is 5.26. The average Bonchev–Trinajstić information content (AvgIpc) is 2.75. The molecule has 5 heteroatoms. The highest BCUT2D eigenvalue weighted by atomic mass is 16.2. The van der Waals surface area contributed by atoms with Gasteiger partial charge in [-0.05, 0) is 26.7 Å². The van der Waals surface area contributed by atoms with Crippen LogP contribution in [0.3, 0.4) is 0 Å². The molecule has 3 atom stereocenters. The van der Waals surface area contributed by atoms with E-state index in [0.29, 0.717) is 12.1 Å². The van der Waals surface area contributed by atoms with Gasteiger partial charge < -0.3 is 15.1 Å². The Bertz CT molecular complexity index is 335. The van der Waals surface area contributed by atoms with Crippen molar-refractivity contribution in [3.63, 3.8) is 0 Å². The molecule has 0 aromatic heterocycles. The van der Waals surface area contributed by atoms with Crippen molar-refractivity contribution in [3.8, 4) is 0 Å². The Morgan fingerprint density at radius 3 is 2.33 bits per heavy atom. The minimum atomic E-state index is -0.222. The molecule has 2 amide bonds. The molecule has 0 saturated carbocycles. The fourth-order valence-corrected chi connectivity index (χ4v) is 3.12. The number of piperazine rings is 1. The van der Waals surface area contributed by atoms with Gasteiger partial charge in [0.2, 0.25) is 11.8 Å². The molecule has 0 aromatic carbocycles. The molecule has 2 heterocycles. The second-order valence-electron chi connectivity index (χ2n) is 5.58. The van der Waals surface area contributed by atoms with Crippen molar-refractivity contribution in [2.45, 2.75) is 51.7 Å². The highest BCUT2D eigenvalue weighted by Gasteiger charge is 2.36. The van der Waals surface area contributed by atoms with Gasteiger partial charge in [0.1, 0.15) is 6.04 Å². The molecule has 1 N–H and O–H groups in total. The normalized spacial score (nSPS) is 32.7. The quantitative estimate of drug-likeness (QED) is 0.726. The number of hydrogen-bond donors (Lipinski definition) is 1. The third-order valence-corrected chi connectivity index (χ3v) is 3.81. The number of carbonyl (C=O) groups excluding carboxylic acids is 2. The third kappa shape index (κ3) is 2.66. The van der Waals surface area contributed by atoms with Gasteiger partial charge in [-0.3, -0.25) is 9.59 Å². The zero-order valence-corrected chi connectivity index (χ0v) is 11.5. The van der Waals surface area contributed by atoms with E-state index in [1.807, 2.05) is 4.90 Å². The van der Waals surface area contributed by atoms with Crippen LogP contribution in [0.5, 0.6) is 0 Å². The van der Waals surface area contributed by atoms with Crippen LogP contribution in [0.4, 0.5) is 0 Å². The van der Waals surface area contributed by atoms with Crippen LogP contribution >= 0.6 is 0 Å². The first-order chi connectivity index (χ1) is 8.49. The lowest BCUT2D eigenvalue weighted by Crippen LogP contribution is -2.59. The highest BCUT2D eigenvalue weighted by Crippen LogP contribution is 2.20. The number of nitrogens with one attached hydrogen (secondary N) is 1. The Kier molecular flexibility index (Phi) is 3.90. The standard InChI is InChI=1S/C13H23N3O2/c1-9-7-15(8-10(2)14-9)13(18)12-5-4-6-16(12)11(3)17/h9-10,12,14H,4-8H2,1-3H3/t9-,10+,12-/m0/s1. The van der Waals surface area contributed by atoms with Crippen LogP contribution in [0.1, 0.15) is 33.6 Å². The van der Waals surface area contributed by atoms with E-state index >= 15 is 0 Å². The summed E-state index contributed by atoms with van der Waals surface area (Å²) in [4.78, 5) is 27.7. The molecule has 2 aliphatic rings. The van der Waals surface area contributed by atoms with Crippen LogP contribution in [-0.2, 0) is 9.59 Å². The Balaban J connectivity index is 2.04. The zero-order chi connectivity index (χ0) is 13.3. The topological polar surface area (TPSA) is 52.7 Å². The smallest absolute Gasteiger partial charge is 0.245 e. The van der Waals surface area contributed by atoms with E-state index in [1.165, 1.54) is 0 Å². The average molecular weight is 253 g/mol. The number of hydrogen-bond acceptors (Lipinski definition) is 3. The summed E-state index contributed by atoms with van der Waals surface area (Å²) in [5.41, 5.74) is 0. The predicted molar refractivity (Wildman–Crippen MR) is 69.0 cm³/mol. The van der Waals surface area contributed by atoms with Crippen molar-refractivity contribution in [2.75, 3.05) is 19.6 Å². The maximum absolute atomic E-state index is 12.5. The Labute approximate surface area is 108 Å². The van der Waals surface area contributed by atoms with E-state index in [9.17, 15) is 9.59 Å². The monoisotopic (exact) mass is 253 g/mol. The molecule has 0 aromatic rings. The molecule has 5 nitrogen and oxygen atoms in total. The van der Waals surface area contributed by atoms with Crippen LogP contribution in [0.25, 0.3) is 0 Å². The lowest BCUT2D eigenvalue weighted by atomic mass is 10.1. The van der Waals surface area contributed by atoms with Crippen molar-refractivity contribution < 1.29 is 9.59 Å². The van der Waals surface area contributed by atoms with Crippen molar-refractivity contribution in [1.82, 2.24) is 15.1 Å². The Hall–Kier alpha value is -1.10. The molecule has 2 saturated heterocycles. The molecule has 0 unspecified atom stereocenters. The first-order valence-electron chi connectivity index (χ1n) is 6.81. The van der Waals surface area contributed by atoms with E-state index in [1.54, 1.807) is 11.8 Å². The molecule has 0 spiro atoms. The number of rotatable bonds is 1. The van der Waals surface area contributed by atoms with Crippen molar-refractivity contribution in [3.05, 3.63) is 0 Å². The van der Waals surface area contributed by atoms with E-state index in [0.717, 1.165) is 32.5 Å².